The molecule has 17 heavy (non-hydrogen) atoms. The summed E-state index contributed by atoms with van der Waals surface area (Å²) in [7, 11) is 0. The van der Waals surface area contributed by atoms with E-state index in [0.29, 0.717) is 11.3 Å². The molecule has 0 heterocycles. The summed E-state index contributed by atoms with van der Waals surface area (Å²) in [6.45, 7) is 0. The van der Waals surface area contributed by atoms with E-state index in [-0.39, 0.29) is 5.38 Å². The zero-order valence-electron chi connectivity index (χ0n) is 9.01. The number of carbonyl (C=O) groups excluding carboxylic acids is 1. The Bertz CT molecular complexity index is 491. The minimum Gasteiger partial charge on any atom is -0.298 e. The Morgan fingerprint density at radius 2 is 2.06 bits per heavy atom. The molecule has 0 spiro atoms. The third kappa shape index (κ3) is 2.82. The van der Waals surface area contributed by atoms with Gasteiger partial charge in [-0.05, 0) is 18.2 Å². The van der Waals surface area contributed by atoms with Gasteiger partial charge in [-0.3, -0.25) is 10.2 Å². The van der Waals surface area contributed by atoms with E-state index >= 15 is 0 Å². The standard InChI is InChI=1S/C13H11ClN2O/c14-12-8-4-5-10(9-17)13(12)16-15-11-6-2-1-3-7-11/h1-9,12,15H. The third-order valence-corrected chi connectivity index (χ3v) is 2.67. The highest BCUT2D eigenvalue weighted by atomic mass is 35.5. The second kappa shape index (κ2) is 5.46. The summed E-state index contributed by atoms with van der Waals surface area (Å²) in [5.41, 5.74) is 4.76. The van der Waals surface area contributed by atoms with Gasteiger partial charge in [0, 0.05) is 5.57 Å². The molecule has 1 atom stereocenters. The van der Waals surface area contributed by atoms with E-state index in [9.17, 15) is 4.79 Å². The second-order valence-corrected chi connectivity index (χ2v) is 3.97. The molecule has 0 saturated heterocycles. The lowest BCUT2D eigenvalue weighted by Crippen LogP contribution is -2.20. The molecule has 1 N–H and O–H groups in total. The molecule has 4 heteroatoms. The Labute approximate surface area is 104 Å². The quantitative estimate of drug-likeness (QED) is 0.506. The van der Waals surface area contributed by atoms with Crippen molar-refractivity contribution in [1.29, 1.82) is 0 Å². The average Bonchev–Trinajstić information content (AvgIpc) is 2.38. The SMILES string of the molecule is O=CC1=CC=CC(Cl)C1=NNc1ccccc1. The Kier molecular flexibility index (Phi) is 3.73. The third-order valence-electron chi connectivity index (χ3n) is 2.32. The fourth-order valence-electron chi connectivity index (χ4n) is 1.46. The molecule has 1 unspecified atom stereocenters. The summed E-state index contributed by atoms with van der Waals surface area (Å²) in [5.74, 6) is 0. The predicted octanol–water partition coefficient (Wildman–Crippen LogP) is 2.76. The number of hydrogen-bond acceptors (Lipinski definition) is 3. The van der Waals surface area contributed by atoms with Crippen LogP contribution in [0.3, 0.4) is 0 Å². The summed E-state index contributed by atoms with van der Waals surface area (Å²) in [6, 6.07) is 9.49. The van der Waals surface area contributed by atoms with Crippen LogP contribution in [0.2, 0.25) is 0 Å². The Balaban J connectivity index is 2.18. The van der Waals surface area contributed by atoms with Crippen LogP contribution in [0.15, 0.2) is 59.2 Å². The normalized spacial score (nSPS) is 21.1. The number of carbonyl (C=O) groups is 1. The molecule has 1 aliphatic rings. The molecule has 0 amide bonds. The van der Waals surface area contributed by atoms with Crippen molar-refractivity contribution in [1.82, 2.24) is 0 Å². The highest BCUT2D eigenvalue weighted by molar-refractivity contribution is 6.39. The molecule has 1 aromatic carbocycles. The molecule has 0 saturated carbocycles. The van der Waals surface area contributed by atoms with Crippen molar-refractivity contribution in [2.75, 3.05) is 5.43 Å². The molecule has 86 valence electrons. The molecular formula is C13H11ClN2O. The van der Waals surface area contributed by atoms with Crippen LogP contribution in [-0.4, -0.2) is 17.4 Å². The highest BCUT2D eigenvalue weighted by Crippen LogP contribution is 2.15. The number of allylic oxidation sites excluding steroid dienone is 4. The first kappa shape index (κ1) is 11.6. The van der Waals surface area contributed by atoms with Crippen molar-refractivity contribution in [3.63, 3.8) is 0 Å². The number of nitrogens with zero attached hydrogens (tertiary/aromatic N) is 1. The van der Waals surface area contributed by atoms with Crippen molar-refractivity contribution < 1.29 is 4.79 Å². The number of para-hydroxylation sites is 1. The zero-order valence-corrected chi connectivity index (χ0v) is 9.76. The minimum atomic E-state index is -0.378. The number of aldehydes is 1. The van der Waals surface area contributed by atoms with E-state index in [1.54, 1.807) is 18.2 Å². The first-order chi connectivity index (χ1) is 8.31. The number of hydrazone groups is 1. The summed E-state index contributed by atoms with van der Waals surface area (Å²) >= 11 is 6.07. The minimum absolute atomic E-state index is 0.378. The lowest BCUT2D eigenvalue weighted by Gasteiger charge is -2.12. The maximum Gasteiger partial charge on any atom is 0.152 e. The van der Waals surface area contributed by atoms with Crippen LogP contribution in [0, 0.1) is 0 Å². The summed E-state index contributed by atoms with van der Waals surface area (Å²) in [6.07, 6.45) is 5.98. The van der Waals surface area contributed by atoms with Crippen LogP contribution in [0.5, 0.6) is 0 Å². The van der Waals surface area contributed by atoms with E-state index < -0.39 is 0 Å². The highest BCUT2D eigenvalue weighted by Gasteiger charge is 2.17. The van der Waals surface area contributed by atoms with E-state index in [4.69, 9.17) is 11.6 Å². The van der Waals surface area contributed by atoms with Gasteiger partial charge in [-0.25, -0.2) is 0 Å². The second-order valence-electron chi connectivity index (χ2n) is 3.50. The van der Waals surface area contributed by atoms with Crippen LogP contribution in [0.4, 0.5) is 5.69 Å². The van der Waals surface area contributed by atoms with Gasteiger partial charge >= 0.3 is 0 Å². The van der Waals surface area contributed by atoms with E-state index in [1.165, 1.54) is 0 Å². The molecule has 0 fully saturated rings. The molecule has 0 aromatic heterocycles. The molecule has 0 bridgehead atoms. The van der Waals surface area contributed by atoms with Gasteiger partial charge in [-0.2, -0.15) is 5.10 Å². The molecular weight excluding hydrogens is 236 g/mol. The lowest BCUT2D eigenvalue weighted by atomic mass is 10.0. The lowest BCUT2D eigenvalue weighted by molar-refractivity contribution is -0.104. The van der Waals surface area contributed by atoms with Crippen molar-refractivity contribution in [2.24, 2.45) is 5.10 Å². The van der Waals surface area contributed by atoms with Gasteiger partial charge in [0.05, 0.1) is 16.8 Å². The molecule has 1 aromatic rings. The number of anilines is 1. The van der Waals surface area contributed by atoms with E-state index in [2.05, 4.69) is 10.5 Å². The van der Waals surface area contributed by atoms with Gasteiger partial charge in [0.1, 0.15) is 0 Å². The number of rotatable bonds is 3. The van der Waals surface area contributed by atoms with E-state index in [1.807, 2.05) is 30.3 Å². The summed E-state index contributed by atoms with van der Waals surface area (Å²) in [5, 5.41) is 3.79. The first-order valence-corrected chi connectivity index (χ1v) is 5.61. The van der Waals surface area contributed by atoms with Crippen molar-refractivity contribution >= 4 is 29.3 Å². The average molecular weight is 247 g/mol. The van der Waals surface area contributed by atoms with Crippen LogP contribution >= 0.6 is 11.6 Å². The van der Waals surface area contributed by atoms with Crippen LogP contribution in [-0.2, 0) is 4.79 Å². The van der Waals surface area contributed by atoms with Crippen molar-refractivity contribution in [3.8, 4) is 0 Å². The largest absolute Gasteiger partial charge is 0.298 e. The van der Waals surface area contributed by atoms with Gasteiger partial charge in [0.2, 0.25) is 0 Å². The Hall–Kier alpha value is -1.87. The number of nitrogens with one attached hydrogen (secondary N) is 1. The molecule has 3 nitrogen and oxygen atoms in total. The molecule has 0 aliphatic heterocycles. The van der Waals surface area contributed by atoms with Gasteiger partial charge in [0.25, 0.3) is 0 Å². The summed E-state index contributed by atoms with van der Waals surface area (Å²) in [4.78, 5) is 10.9. The molecule has 2 rings (SSSR count). The number of hydrogen-bond donors (Lipinski definition) is 1. The van der Waals surface area contributed by atoms with Crippen LogP contribution in [0.25, 0.3) is 0 Å². The van der Waals surface area contributed by atoms with Gasteiger partial charge in [0.15, 0.2) is 6.29 Å². The van der Waals surface area contributed by atoms with Gasteiger partial charge < -0.3 is 0 Å². The fourth-order valence-corrected chi connectivity index (χ4v) is 1.71. The molecule has 0 radical (unpaired) electrons. The zero-order chi connectivity index (χ0) is 12.1. The number of benzene rings is 1. The van der Waals surface area contributed by atoms with Crippen LogP contribution in [0.1, 0.15) is 0 Å². The maximum atomic E-state index is 10.9. The number of halogens is 1. The number of alkyl halides is 1. The van der Waals surface area contributed by atoms with Crippen molar-refractivity contribution in [2.45, 2.75) is 5.38 Å². The Morgan fingerprint density at radius 3 is 2.76 bits per heavy atom. The topological polar surface area (TPSA) is 41.5 Å². The maximum absolute atomic E-state index is 10.9. The first-order valence-electron chi connectivity index (χ1n) is 5.18. The molecule has 1 aliphatic carbocycles. The predicted molar refractivity (Wildman–Crippen MR) is 70.4 cm³/mol. The van der Waals surface area contributed by atoms with E-state index in [0.717, 1.165) is 12.0 Å². The van der Waals surface area contributed by atoms with Crippen LogP contribution < -0.4 is 5.43 Å². The smallest absolute Gasteiger partial charge is 0.152 e. The van der Waals surface area contributed by atoms with Crippen molar-refractivity contribution in [3.05, 3.63) is 54.1 Å². The van der Waals surface area contributed by atoms with Gasteiger partial charge in [-0.15, -0.1) is 11.6 Å². The summed E-state index contributed by atoms with van der Waals surface area (Å²) < 4.78 is 0. The fraction of sp³-hybridized carbons (Fsp3) is 0.0769. The Morgan fingerprint density at radius 1 is 1.29 bits per heavy atom. The van der Waals surface area contributed by atoms with Gasteiger partial charge in [-0.1, -0.05) is 30.4 Å². The monoisotopic (exact) mass is 246 g/mol.